The van der Waals surface area contributed by atoms with Crippen molar-refractivity contribution < 1.29 is 14.1 Å². The monoisotopic (exact) mass is 413 g/mol. The lowest BCUT2D eigenvalue weighted by molar-refractivity contribution is -0.115. The van der Waals surface area contributed by atoms with Crippen molar-refractivity contribution in [3.05, 3.63) is 40.2 Å². The number of hydrogen-bond acceptors (Lipinski definition) is 7. The average Bonchev–Trinajstić information content (AvgIpc) is 3.11. The van der Waals surface area contributed by atoms with Gasteiger partial charge >= 0.3 is 0 Å². The number of H-pyrrole nitrogens is 1. The Morgan fingerprint density at radius 1 is 1.31 bits per heavy atom. The van der Waals surface area contributed by atoms with Gasteiger partial charge in [0.25, 0.3) is 0 Å². The number of aromatic amines is 1. The molecule has 152 valence electrons. The summed E-state index contributed by atoms with van der Waals surface area (Å²) in [5, 5.41) is 16.0. The van der Waals surface area contributed by atoms with Crippen LogP contribution in [-0.4, -0.2) is 31.7 Å². The minimum atomic E-state index is -0.178. The van der Waals surface area contributed by atoms with E-state index in [1.165, 1.54) is 29.9 Å². The number of aromatic nitrogens is 4. The lowest BCUT2D eigenvalue weighted by Crippen LogP contribution is -2.14. The number of carbonyl (C=O) groups excluding carboxylic acids is 1. The first-order valence-electron chi connectivity index (χ1n) is 10.0. The lowest BCUT2D eigenvalue weighted by Gasteiger charge is -2.13. The molecule has 8 nitrogen and oxygen atoms in total. The molecule has 0 saturated heterocycles. The fraction of sp³-hybridized carbons (Fsp3) is 0.500. The van der Waals surface area contributed by atoms with Crippen LogP contribution in [-0.2, 0) is 11.2 Å². The molecule has 0 spiro atoms. The smallest absolute Gasteiger partial charge is 0.233 e. The molecule has 2 aliphatic rings. The van der Waals surface area contributed by atoms with Crippen molar-refractivity contribution in [2.45, 2.75) is 63.4 Å². The number of aryl methyl sites for hydroxylation is 1. The van der Waals surface area contributed by atoms with E-state index in [1.807, 2.05) is 13.0 Å². The van der Waals surface area contributed by atoms with Gasteiger partial charge in [-0.25, -0.2) is 0 Å². The Kier molecular flexibility index (Phi) is 4.83. The van der Waals surface area contributed by atoms with Crippen molar-refractivity contribution in [3.63, 3.8) is 0 Å². The second-order valence-corrected chi connectivity index (χ2v) is 8.60. The molecule has 2 aliphatic carbocycles. The molecule has 0 bridgehead atoms. The maximum atomic E-state index is 12.2. The molecule has 0 aromatic carbocycles. The Labute approximate surface area is 172 Å². The summed E-state index contributed by atoms with van der Waals surface area (Å²) in [4.78, 5) is 12.2. The standard InChI is InChI=1S/C20H23N5O3S/c1-11-6-15(28-24-11)8-19(26)21-18-9-17(22-23-18)13-4-5-14(7-13)27-20-16(10-29-25-20)12-2-3-12/h6,9-10,12-14H,2-5,7-8H2,1H3,(H2,21,22,23,26)/t13-,14+/m1/s1. The molecule has 5 rings (SSSR count). The highest BCUT2D eigenvalue weighted by Crippen LogP contribution is 2.46. The zero-order valence-corrected chi connectivity index (χ0v) is 17.0. The van der Waals surface area contributed by atoms with Crippen molar-refractivity contribution in [3.8, 4) is 5.88 Å². The SMILES string of the molecule is Cc1cc(CC(=O)Nc2cc([C@@H]3CC[C@H](Oc4nscc4C4CC4)C3)[nH]n2)on1. The average molecular weight is 414 g/mol. The number of nitrogens with one attached hydrogen (secondary N) is 2. The second kappa shape index (κ2) is 7.62. The van der Waals surface area contributed by atoms with Crippen molar-refractivity contribution in [2.75, 3.05) is 5.32 Å². The highest BCUT2D eigenvalue weighted by atomic mass is 32.1. The van der Waals surface area contributed by atoms with Gasteiger partial charge in [0.05, 0.1) is 12.1 Å². The summed E-state index contributed by atoms with van der Waals surface area (Å²) in [5.74, 6) is 2.73. The van der Waals surface area contributed by atoms with Gasteiger partial charge in [-0.15, -0.1) is 0 Å². The number of anilines is 1. The molecule has 3 heterocycles. The fourth-order valence-corrected chi connectivity index (χ4v) is 4.63. The van der Waals surface area contributed by atoms with E-state index in [1.54, 1.807) is 6.07 Å². The number of rotatable bonds is 7. The van der Waals surface area contributed by atoms with E-state index < -0.39 is 0 Å². The molecule has 2 N–H and O–H groups in total. The van der Waals surface area contributed by atoms with E-state index in [0.717, 1.165) is 36.5 Å². The number of hydrogen-bond donors (Lipinski definition) is 2. The molecule has 1 amide bonds. The quantitative estimate of drug-likeness (QED) is 0.608. The van der Waals surface area contributed by atoms with E-state index in [2.05, 4.69) is 30.4 Å². The van der Waals surface area contributed by atoms with Crippen molar-refractivity contribution in [1.82, 2.24) is 19.7 Å². The predicted octanol–water partition coefficient (Wildman–Crippen LogP) is 3.94. The first kappa shape index (κ1) is 18.4. The highest BCUT2D eigenvalue weighted by Gasteiger charge is 2.33. The Bertz CT molecular complexity index is 1010. The number of amides is 1. The van der Waals surface area contributed by atoms with Crippen molar-refractivity contribution in [2.24, 2.45) is 0 Å². The minimum Gasteiger partial charge on any atom is -0.474 e. The van der Waals surface area contributed by atoms with Crippen LogP contribution >= 0.6 is 11.5 Å². The third-order valence-corrected chi connectivity index (χ3v) is 6.19. The summed E-state index contributed by atoms with van der Waals surface area (Å²) in [6, 6.07) is 3.67. The molecule has 0 unspecified atom stereocenters. The van der Waals surface area contributed by atoms with Gasteiger partial charge in [0.15, 0.2) is 5.82 Å². The summed E-state index contributed by atoms with van der Waals surface area (Å²) in [5.41, 5.74) is 3.07. The van der Waals surface area contributed by atoms with E-state index >= 15 is 0 Å². The molecule has 0 radical (unpaired) electrons. The van der Waals surface area contributed by atoms with Crippen LogP contribution in [0.15, 0.2) is 22.0 Å². The minimum absolute atomic E-state index is 0.138. The molecular weight excluding hydrogens is 390 g/mol. The molecule has 29 heavy (non-hydrogen) atoms. The van der Waals surface area contributed by atoms with Gasteiger partial charge in [0, 0.05) is 34.7 Å². The molecule has 2 atom stereocenters. The van der Waals surface area contributed by atoms with Crippen LogP contribution < -0.4 is 10.1 Å². The van der Waals surface area contributed by atoms with Crippen LogP contribution in [0.2, 0.25) is 0 Å². The fourth-order valence-electron chi connectivity index (χ4n) is 3.93. The molecule has 3 aromatic rings. The van der Waals surface area contributed by atoms with E-state index in [-0.39, 0.29) is 18.4 Å². The van der Waals surface area contributed by atoms with Crippen molar-refractivity contribution in [1.29, 1.82) is 0 Å². The van der Waals surface area contributed by atoms with Crippen molar-refractivity contribution >= 4 is 23.3 Å². The van der Waals surface area contributed by atoms with Gasteiger partial charge < -0.3 is 14.6 Å². The lowest BCUT2D eigenvalue weighted by atomic mass is 10.0. The van der Waals surface area contributed by atoms with Crippen LogP contribution in [0.1, 0.15) is 66.7 Å². The zero-order valence-electron chi connectivity index (χ0n) is 16.2. The molecule has 9 heteroatoms. The third-order valence-electron chi connectivity index (χ3n) is 5.56. The Morgan fingerprint density at radius 3 is 2.97 bits per heavy atom. The highest BCUT2D eigenvalue weighted by molar-refractivity contribution is 7.03. The van der Waals surface area contributed by atoms with Gasteiger partial charge in [-0.3, -0.25) is 9.89 Å². The van der Waals surface area contributed by atoms with Crippen LogP contribution in [0.4, 0.5) is 5.82 Å². The first-order chi connectivity index (χ1) is 14.1. The summed E-state index contributed by atoms with van der Waals surface area (Å²) < 4.78 is 15.8. The summed E-state index contributed by atoms with van der Waals surface area (Å²) in [6.07, 6.45) is 5.77. The summed E-state index contributed by atoms with van der Waals surface area (Å²) >= 11 is 1.48. The maximum absolute atomic E-state index is 12.2. The number of nitrogens with zero attached hydrogens (tertiary/aromatic N) is 3. The van der Waals surface area contributed by atoms with Gasteiger partial charge in [-0.2, -0.15) is 9.47 Å². The molecule has 0 aliphatic heterocycles. The van der Waals surface area contributed by atoms with Gasteiger partial charge in [-0.1, -0.05) is 5.16 Å². The maximum Gasteiger partial charge on any atom is 0.233 e. The number of ether oxygens (including phenoxy) is 1. The topological polar surface area (TPSA) is 106 Å². The Hall–Kier alpha value is -2.68. The van der Waals surface area contributed by atoms with Gasteiger partial charge in [0.2, 0.25) is 11.8 Å². The summed E-state index contributed by atoms with van der Waals surface area (Å²) in [7, 11) is 0. The van der Waals surface area contributed by atoms with E-state index in [0.29, 0.717) is 23.4 Å². The van der Waals surface area contributed by atoms with Gasteiger partial charge in [0.1, 0.15) is 11.9 Å². The predicted molar refractivity (Wildman–Crippen MR) is 107 cm³/mol. The molecule has 2 fully saturated rings. The van der Waals surface area contributed by atoms with Crippen LogP contribution in [0.25, 0.3) is 0 Å². The van der Waals surface area contributed by atoms with Crippen LogP contribution in [0.3, 0.4) is 0 Å². The molecule has 2 saturated carbocycles. The van der Waals surface area contributed by atoms with E-state index in [9.17, 15) is 4.79 Å². The summed E-state index contributed by atoms with van der Waals surface area (Å²) in [6.45, 7) is 1.82. The Balaban J connectivity index is 1.15. The van der Waals surface area contributed by atoms with Crippen LogP contribution in [0.5, 0.6) is 5.88 Å². The second-order valence-electron chi connectivity index (χ2n) is 7.97. The third kappa shape index (κ3) is 4.19. The largest absolute Gasteiger partial charge is 0.474 e. The van der Waals surface area contributed by atoms with E-state index in [4.69, 9.17) is 9.26 Å². The van der Waals surface area contributed by atoms with Gasteiger partial charge in [-0.05, 0) is 56.5 Å². The number of carbonyl (C=O) groups is 1. The van der Waals surface area contributed by atoms with Crippen LogP contribution in [0, 0.1) is 6.92 Å². The molecule has 3 aromatic heterocycles. The molecular formula is C20H23N5O3S. The first-order valence-corrected chi connectivity index (χ1v) is 10.9. The Morgan fingerprint density at radius 2 is 2.17 bits per heavy atom. The normalized spacial score (nSPS) is 21.4. The zero-order chi connectivity index (χ0) is 19.8.